The Morgan fingerprint density at radius 3 is 2.29 bits per heavy atom. The maximum atomic E-state index is 12.4. The monoisotopic (exact) mass is 313 g/mol. The minimum atomic E-state index is -1.14. The summed E-state index contributed by atoms with van der Waals surface area (Å²) < 4.78 is 5.13. The van der Waals surface area contributed by atoms with Crippen molar-refractivity contribution in [1.29, 1.82) is 0 Å². The number of methoxy groups -OCH3 is 1. The minimum absolute atomic E-state index is 0.263. The predicted molar refractivity (Wildman–Crippen MR) is 81.0 cm³/mol. The summed E-state index contributed by atoms with van der Waals surface area (Å²) in [6.45, 7) is 6.45. The van der Waals surface area contributed by atoms with E-state index in [0.717, 1.165) is 0 Å². The van der Waals surface area contributed by atoms with Crippen LogP contribution in [0.15, 0.2) is 18.2 Å². The first-order valence-electron chi connectivity index (χ1n) is 6.42. The lowest BCUT2D eigenvalue weighted by atomic mass is 9.74. The number of carbonyl (C=O) groups is 2. The van der Waals surface area contributed by atoms with E-state index < -0.39 is 22.8 Å². The Morgan fingerprint density at radius 2 is 1.81 bits per heavy atom. The number of ether oxygens (including phenoxy) is 1. The Balaban J connectivity index is 3.11. The van der Waals surface area contributed by atoms with Gasteiger partial charge < -0.3 is 15.2 Å². The number of benzene rings is 1. The van der Waals surface area contributed by atoms with Crippen molar-refractivity contribution in [2.24, 2.45) is 5.41 Å². The number of carbonyl (C=O) groups excluding carboxylic acids is 1. The van der Waals surface area contributed by atoms with E-state index >= 15 is 0 Å². The van der Waals surface area contributed by atoms with Crippen molar-refractivity contribution in [2.45, 2.75) is 33.2 Å². The number of halogens is 1. The molecule has 21 heavy (non-hydrogen) atoms. The third-order valence-electron chi connectivity index (χ3n) is 3.93. The van der Waals surface area contributed by atoms with Crippen molar-refractivity contribution in [3.63, 3.8) is 0 Å². The van der Waals surface area contributed by atoms with Crippen LogP contribution in [0.1, 0.15) is 38.1 Å². The van der Waals surface area contributed by atoms with Gasteiger partial charge in [0.2, 0.25) is 0 Å². The Morgan fingerprint density at radius 1 is 1.24 bits per heavy atom. The molecular formula is C15H20ClNO4. The first-order valence-corrected chi connectivity index (χ1v) is 6.80. The van der Waals surface area contributed by atoms with Crippen molar-refractivity contribution >= 4 is 23.5 Å². The Bertz CT molecular complexity index is 567. The SMILES string of the molecule is COc1ccc(Cl)cc1C(=O)NC(C)(C)C(C)(C)C(=O)O. The molecule has 0 aliphatic carbocycles. The molecule has 0 aliphatic rings. The Labute approximate surface area is 129 Å². The van der Waals surface area contributed by atoms with Crippen LogP contribution in [0.2, 0.25) is 5.02 Å². The van der Waals surface area contributed by atoms with Crippen LogP contribution >= 0.6 is 11.6 Å². The summed E-state index contributed by atoms with van der Waals surface area (Å²) in [4.78, 5) is 23.8. The summed E-state index contributed by atoms with van der Waals surface area (Å²) in [6, 6.07) is 4.69. The first kappa shape index (κ1) is 17.3. The zero-order valence-corrected chi connectivity index (χ0v) is 13.5. The van der Waals surface area contributed by atoms with E-state index in [1.807, 2.05) is 0 Å². The molecule has 0 fully saturated rings. The lowest BCUT2D eigenvalue weighted by molar-refractivity contribution is -0.150. The number of hydrogen-bond donors (Lipinski definition) is 2. The molecule has 0 bridgehead atoms. The summed E-state index contributed by atoms with van der Waals surface area (Å²) in [7, 11) is 1.45. The fourth-order valence-electron chi connectivity index (χ4n) is 1.63. The van der Waals surface area contributed by atoms with Gasteiger partial charge in [-0.2, -0.15) is 0 Å². The number of nitrogens with one attached hydrogen (secondary N) is 1. The highest BCUT2D eigenvalue weighted by Crippen LogP contribution is 2.32. The highest BCUT2D eigenvalue weighted by molar-refractivity contribution is 6.31. The van der Waals surface area contributed by atoms with Crippen LogP contribution in [-0.4, -0.2) is 29.6 Å². The molecule has 0 saturated heterocycles. The zero-order valence-electron chi connectivity index (χ0n) is 12.8. The zero-order chi connectivity index (χ0) is 16.4. The van der Waals surface area contributed by atoms with E-state index in [-0.39, 0.29) is 5.56 Å². The molecule has 0 spiro atoms. The van der Waals surface area contributed by atoms with E-state index in [0.29, 0.717) is 10.8 Å². The van der Waals surface area contributed by atoms with Gasteiger partial charge in [0.25, 0.3) is 5.91 Å². The van der Waals surface area contributed by atoms with Gasteiger partial charge in [0.05, 0.1) is 23.6 Å². The fraction of sp³-hybridized carbons (Fsp3) is 0.467. The van der Waals surface area contributed by atoms with Crippen molar-refractivity contribution in [3.8, 4) is 5.75 Å². The molecule has 1 aromatic carbocycles. The molecule has 1 aromatic rings. The quantitative estimate of drug-likeness (QED) is 0.876. The van der Waals surface area contributed by atoms with Gasteiger partial charge in [0, 0.05) is 5.02 Å². The molecule has 0 radical (unpaired) electrons. The van der Waals surface area contributed by atoms with Gasteiger partial charge >= 0.3 is 5.97 Å². The van der Waals surface area contributed by atoms with E-state index in [1.54, 1.807) is 39.8 Å². The van der Waals surface area contributed by atoms with Crippen molar-refractivity contribution in [1.82, 2.24) is 5.32 Å². The summed E-state index contributed by atoms with van der Waals surface area (Å²) in [5.74, 6) is -1.06. The molecule has 0 heterocycles. The van der Waals surface area contributed by atoms with Gasteiger partial charge in [-0.25, -0.2) is 0 Å². The van der Waals surface area contributed by atoms with Gasteiger partial charge in [-0.1, -0.05) is 11.6 Å². The van der Waals surface area contributed by atoms with Gasteiger partial charge in [0.15, 0.2) is 0 Å². The average molecular weight is 314 g/mol. The van der Waals surface area contributed by atoms with Crippen LogP contribution in [0.5, 0.6) is 5.75 Å². The second-order valence-electron chi connectivity index (χ2n) is 5.85. The summed E-state index contributed by atoms with van der Waals surface area (Å²) in [5, 5.41) is 12.4. The maximum absolute atomic E-state index is 12.4. The minimum Gasteiger partial charge on any atom is -0.496 e. The molecule has 0 unspecified atom stereocenters. The second-order valence-corrected chi connectivity index (χ2v) is 6.29. The average Bonchev–Trinajstić information content (AvgIpc) is 2.37. The van der Waals surface area contributed by atoms with Crippen molar-refractivity contribution in [2.75, 3.05) is 7.11 Å². The van der Waals surface area contributed by atoms with Crippen LogP contribution in [0.4, 0.5) is 0 Å². The summed E-state index contributed by atoms with van der Waals surface area (Å²) in [5.41, 5.74) is -1.85. The Hall–Kier alpha value is -1.75. The van der Waals surface area contributed by atoms with Gasteiger partial charge in [-0.15, -0.1) is 0 Å². The molecule has 1 rings (SSSR count). The largest absolute Gasteiger partial charge is 0.496 e. The number of amides is 1. The highest BCUT2D eigenvalue weighted by Gasteiger charge is 2.44. The lowest BCUT2D eigenvalue weighted by Gasteiger charge is -2.38. The van der Waals surface area contributed by atoms with Crippen molar-refractivity contribution < 1.29 is 19.4 Å². The number of carboxylic acids is 1. The molecule has 0 atom stereocenters. The normalized spacial score (nSPS) is 11.9. The number of rotatable bonds is 5. The van der Waals surface area contributed by atoms with Gasteiger partial charge in [0.1, 0.15) is 5.75 Å². The first-order chi connectivity index (χ1) is 9.52. The van der Waals surface area contributed by atoms with Crippen LogP contribution in [0.25, 0.3) is 0 Å². The molecular weight excluding hydrogens is 294 g/mol. The smallest absolute Gasteiger partial charge is 0.311 e. The van der Waals surface area contributed by atoms with E-state index in [9.17, 15) is 14.7 Å². The molecule has 116 valence electrons. The maximum Gasteiger partial charge on any atom is 0.311 e. The van der Waals surface area contributed by atoms with E-state index in [2.05, 4.69) is 5.32 Å². The fourth-order valence-corrected chi connectivity index (χ4v) is 1.80. The topological polar surface area (TPSA) is 75.6 Å². The molecule has 0 saturated carbocycles. The van der Waals surface area contributed by atoms with Gasteiger partial charge in [-0.05, 0) is 45.9 Å². The predicted octanol–water partition coefficient (Wildman–Crippen LogP) is 2.97. The second kappa shape index (κ2) is 5.93. The Kier molecular flexibility index (Phi) is 4.89. The van der Waals surface area contributed by atoms with Gasteiger partial charge in [-0.3, -0.25) is 9.59 Å². The number of hydrogen-bond acceptors (Lipinski definition) is 3. The molecule has 6 heteroatoms. The third kappa shape index (κ3) is 3.47. The third-order valence-corrected chi connectivity index (χ3v) is 4.16. The molecule has 1 amide bonds. The molecule has 0 aliphatic heterocycles. The van der Waals surface area contributed by atoms with E-state index in [1.165, 1.54) is 13.2 Å². The lowest BCUT2D eigenvalue weighted by Crippen LogP contribution is -2.57. The standard InChI is InChI=1S/C15H20ClNO4/c1-14(2,13(19)20)15(3,4)17-12(18)10-8-9(16)6-7-11(10)21-5/h6-8H,1-5H3,(H,17,18)(H,19,20). The van der Waals surface area contributed by atoms with Crippen molar-refractivity contribution in [3.05, 3.63) is 28.8 Å². The van der Waals surface area contributed by atoms with Crippen LogP contribution in [0.3, 0.4) is 0 Å². The number of carboxylic acid groups (broad SMARTS) is 1. The van der Waals surface area contributed by atoms with Crippen LogP contribution in [0, 0.1) is 5.41 Å². The van der Waals surface area contributed by atoms with Crippen LogP contribution < -0.4 is 10.1 Å². The summed E-state index contributed by atoms with van der Waals surface area (Å²) >= 11 is 5.90. The van der Waals surface area contributed by atoms with Crippen LogP contribution in [-0.2, 0) is 4.79 Å². The van der Waals surface area contributed by atoms with E-state index in [4.69, 9.17) is 16.3 Å². The highest BCUT2D eigenvalue weighted by atomic mass is 35.5. The number of aliphatic carboxylic acids is 1. The molecule has 2 N–H and O–H groups in total. The molecule has 0 aromatic heterocycles. The summed E-state index contributed by atoms with van der Waals surface area (Å²) in [6.07, 6.45) is 0. The molecule has 5 nitrogen and oxygen atoms in total.